The number of fused-ring (bicyclic) bond motifs is 2. The number of benzene rings is 2. The highest BCUT2D eigenvalue weighted by Crippen LogP contribution is 2.46. The molecule has 1 saturated carbocycles. The molecule has 44 heavy (non-hydrogen) atoms. The second-order valence-electron chi connectivity index (χ2n) is 12.2. The van der Waals surface area contributed by atoms with Crippen molar-refractivity contribution in [2.75, 3.05) is 19.7 Å². The van der Waals surface area contributed by atoms with Gasteiger partial charge in [0.25, 0.3) is 0 Å². The van der Waals surface area contributed by atoms with Crippen molar-refractivity contribution in [2.45, 2.75) is 68.6 Å². The summed E-state index contributed by atoms with van der Waals surface area (Å²) < 4.78 is 52.1. The van der Waals surface area contributed by atoms with E-state index in [1.165, 1.54) is 22.8 Å². The number of sulfonamides is 1. The Bertz CT molecular complexity index is 1510. The van der Waals surface area contributed by atoms with Gasteiger partial charge >= 0.3 is 6.09 Å². The number of carbonyl (C=O) groups excluding carboxylic acids is 1. The molecule has 3 aliphatic rings. The van der Waals surface area contributed by atoms with Crippen LogP contribution >= 0.6 is 0 Å². The molecule has 4 unspecified atom stereocenters. The molecule has 7 atom stereocenters. The monoisotopic (exact) mass is 626 g/mol. The summed E-state index contributed by atoms with van der Waals surface area (Å²) >= 11 is 0. The second-order valence-corrected chi connectivity index (χ2v) is 14.2. The largest absolute Gasteiger partial charge is 0.443 e. The first kappa shape index (κ1) is 30.7. The number of amides is 1. The Morgan fingerprint density at radius 2 is 1.93 bits per heavy atom. The van der Waals surface area contributed by atoms with Crippen LogP contribution in [0.3, 0.4) is 0 Å². The Labute approximate surface area is 256 Å². The van der Waals surface area contributed by atoms with Crippen molar-refractivity contribution < 1.29 is 36.9 Å². The van der Waals surface area contributed by atoms with Crippen molar-refractivity contribution in [1.29, 1.82) is 0 Å². The molecule has 0 radical (unpaired) electrons. The molecule has 12 nitrogen and oxygen atoms in total. The first-order valence-corrected chi connectivity index (χ1v) is 16.4. The van der Waals surface area contributed by atoms with E-state index in [-0.39, 0.29) is 54.5 Å². The molecule has 3 aromatic rings. The van der Waals surface area contributed by atoms with E-state index in [0.29, 0.717) is 18.1 Å². The average Bonchev–Trinajstić information content (AvgIpc) is 3.64. The number of nitrogens with zero attached hydrogens (tertiary/aromatic N) is 3. The minimum absolute atomic E-state index is 0.0253. The Morgan fingerprint density at radius 1 is 1.11 bits per heavy atom. The molecule has 3 bridgehead atoms. The zero-order chi connectivity index (χ0) is 30.8. The Balaban J connectivity index is 1.21. The first-order chi connectivity index (χ1) is 21.2. The zero-order valence-corrected chi connectivity index (χ0v) is 25.5. The molecule has 1 aliphatic carbocycles. The van der Waals surface area contributed by atoms with Crippen LogP contribution in [0.2, 0.25) is 0 Å². The first-order valence-electron chi connectivity index (χ1n) is 15.0. The highest BCUT2D eigenvalue weighted by molar-refractivity contribution is 7.89. The van der Waals surface area contributed by atoms with Crippen molar-refractivity contribution >= 4 is 16.1 Å². The van der Waals surface area contributed by atoms with Crippen LogP contribution in [0.1, 0.15) is 32.3 Å². The molecule has 1 amide bonds. The predicted octanol–water partition coefficient (Wildman–Crippen LogP) is 3.23. The maximum atomic E-state index is 13.9. The van der Waals surface area contributed by atoms with Gasteiger partial charge in [-0.05, 0) is 48.9 Å². The number of aliphatic hydroxyl groups excluding tert-OH is 1. The Hall–Kier alpha value is -3.36. The summed E-state index contributed by atoms with van der Waals surface area (Å²) in [5, 5.41) is 22.0. The lowest BCUT2D eigenvalue weighted by Crippen LogP contribution is -2.53. The lowest BCUT2D eigenvalue weighted by Gasteiger charge is -2.37. The highest BCUT2D eigenvalue weighted by Gasteiger charge is 2.53. The number of hydrogen-bond donors (Lipinski definition) is 2. The van der Waals surface area contributed by atoms with Crippen molar-refractivity contribution in [1.82, 2.24) is 19.8 Å². The number of nitrogens with one attached hydrogen (secondary N) is 1. The van der Waals surface area contributed by atoms with Crippen molar-refractivity contribution in [3.8, 4) is 11.5 Å². The normalized spacial score (nSPS) is 25.7. The van der Waals surface area contributed by atoms with Gasteiger partial charge in [0.15, 0.2) is 6.29 Å². The maximum Gasteiger partial charge on any atom is 0.407 e. The van der Waals surface area contributed by atoms with Crippen LogP contribution in [0, 0.1) is 17.8 Å². The van der Waals surface area contributed by atoms with Gasteiger partial charge in [-0.25, -0.2) is 13.2 Å². The fourth-order valence-corrected chi connectivity index (χ4v) is 8.10. The lowest BCUT2D eigenvalue weighted by molar-refractivity contribution is -0.153. The number of carbonyl (C=O) groups is 1. The van der Waals surface area contributed by atoms with Gasteiger partial charge in [0.1, 0.15) is 6.10 Å². The molecule has 13 heteroatoms. The fraction of sp³-hybridized carbons (Fsp3) is 0.516. The molecule has 1 aromatic heterocycles. The molecule has 2 N–H and O–H groups in total. The third-order valence-corrected chi connectivity index (χ3v) is 10.3. The van der Waals surface area contributed by atoms with Crippen molar-refractivity contribution in [3.05, 3.63) is 66.6 Å². The van der Waals surface area contributed by atoms with E-state index in [4.69, 9.17) is 18.6 Å². The standard InChI is InChI=1S/C31H38N4O8S/c1-19(2)15-35(44(38,39)24-10-6-9-21(13-24)29-34-32-18-41-29)16-26(36)25(11-20-7-4-3-5-8-20)33-31(37)43-28-23-12-22-14-27(28)42-30(22)40-17-23/h3-10,13,18-19,22-23,25-28,30,36H,11-12,14-17H2,1-2H3,(H,33,37)/t22?,23?,25-,26+,27-,28?,30?/m0/s1. The van der Waals surface area contributed by atoms with Crippen molar-refractivity contribution in [3.63, 3.8) is 0 Å². The topological polar surface area (TPSA) is 153 Å². The second kappa shape index (κ2) is 12.9. The predicted molar refractivity (Wildman–Crippen MR) is 158 cm³/mol. The molecule has 6 rings (SSSR count). The summed E-state index contributed by atoms with van der Waals surface area (Å²) in [4.78, 5) is 13.3. The molecule has 2 saturated heterocycles. The van der Waals surface area contributed by atoms with Crippen molar-refractivity contribution in [2.24, 2.45) is 17.8 Å². The van der Waals surface area contributed by atoms with Crippen LogP contribution in [-0.4, -0.2) is 84.5 Å². The summed E-state index contributed by atoms with van der Waals surface area (Å²) in [7, 11) is -4.07. The summed E-state index contributed by atoms with van der Waals surface area (Å²) in [6.45, 7) is 4.17. The lowest BCUT2D eigenvalue weighted by atomic mass is 9.78. The van der Waals surface area contributed by atoms with Gasteiger partial charge in [-0.2, -0.15) is 4.31 Å². The molecular formula is C31H38N4O8S. The van der Waals surface area contributed by atoms with Crippen LogP contribution in [0.25, 0.3) is 11.5 Å². The maximum absolute atomic E-state index is 13.9. The van der Waals surface area contributed by atoms with E-state index in [1.807, 2.05) is 44.2 Å². The van der Waals surface area contributed by atoms with Gasteiger partial charge in [-0.15, -0.1) is 10.2 Å². The number of rotatable bonds is 12. The highest BCUT2D eigenvalue weighted by atomic mass is 32.2. The van der Waals surface area contributed by atoms with E-state index in [0.717, 1.165) is 18.4 Å². The van der Waals surface area contributed by atoms with Gasteiger partial charge in [-0.1, -0.05) is 50.2 Å². The van der Waals surface area contributed by atoms with Gasteiger partial charge in [-0.3, -0.25) is 0 Å². The summed E-state index contributed by atoms with van der Waals surface area (Å²) in [6, 6.07) is 14.8. The molecule has 0 spiro atoms. The number of aliphatic hydroxyl groups is 1. The van der Waals surface area contributed by atoms with Crippen LogP contribution in [0.5, 0.6) is 0 Å². The minimum Gasteiger partial charge on any atom is -0.443 e. The third kappa shape index (κ3) is 6.66. The molecule has 236 valence electrons. The molecular weight excluding hydrogens is 588 g/mol. The van der Waals surface area contributed by atoms with Gasteiger partial charge in [0, 0.05) is 30.5 Å². The molecule has 3 fully saturated rings. The number of hydrogen-bond acceptors (Lipinski definition) is 10. The van der Waals surface area contributed by atoms with E-state index in [2.05, 4.69) is 15.5 Å². The van der Waals surface area contributed by atoms with Crippen LogP contribution < -0.4 is 5.32 Å². The molecule has 2 aliphatic heterocycles. The summed E-state index contributed by atoms with van der Waals surface area (Å²) in [5.74, 6) is 0.533. The summed E-state index contributed by atoms with van der Waals surface area (Å²) in [5.41, 5.74) is 1.33. The average molecular weight is 627 g/mol. The number of ether oxygens (including phenoxy) is 3. The smallest absolute Gasteiger partial charge is 0.407 e. The fourth-order valence-electron chi connectivity index (χ4n) is 6.43. The Kier molecular flexibility index (Phi) is 9.01. The zero-order valence-electron chi connectivity index (χ0n) is 24.7. The van der Waals surface area contributed by atoms with Crippen LogP contribution in [-0.2, 0) is 30.7 Å². The van der Waals surface area contributed by atoms with E-state index < -0.39 is 34.4 Å². The van der Waals surface area contributed by atoms with Crippen LogP contribution in [0.4, 0.5) is 4.79 Å². The van der Waals surface area contributed by atoms with Crippen LogP contribution in [0.15, 0.2) is 70.3 Å². The summed E-state index contributed by atoms with van der Waals surface area (Å²) in [6.07, 6.45) is 0.262. The Morgan fingerprint density at radius 3 is 2.68 bits per heavy atom. The number of alkyl carbamates (subject to hydrolysis) is 1. The molecule has 3 heterocycles. The molecule has 2 aromatic carbocycles. The van der Waals surface area contributed by atoms with E-state index in [1.54, 1.807) is 12.1 Å². The van der Waals surface area contributed by atoms with Gasteiger partial charge in [0.2, 0.25) is 22.3 Å². The van der Waals surface area contributed by atoms with Gasteiger partial charge < -0.3 is 29.1 Å². The number of aromatic nitrogens is 2. The quantitative estimate of drug-likeness (QED) is 0.306. The van der Waals surface area contributed by atoms with E-state index in [9.17, 15) is 18.3 Å². The SMILES string of the molecule is CC(C)CN(C[C@@H](O)[C@H](Cc1ccccc1)NC(=O)OC1C2COC3O[C@H]1CC3C2)S(=O)(=O)c1cccc(-c2nnco2)c1. The van der Waals surface area contributed by atoms with Gasteiger partial charge in [0.05, 0.1) is 29.8 Å². The minimum atomic E-state index is -4.07. The van der Waals surface area contributed by atoms with E-state index >= 15 is 0 Å². The third-order valence-electron chi connectivity index (χ3n) is 8.49.